The van der Waals surface area contributed by atoms with Crippen LogP contribution in [0.3, 0.4) is 0 Å². The molecule has 0 aromatic carbocycles. The van der Waals surface area contributed by atoms with Gasteiger partial charge in [-0.3, -0.25) is 9.78 Å². The summed E-state index contributed by atoms with van der Waals surface area (Å²) in [5.74, 6) is -0.413. The van der Waals surface area contributed by atoms with Gasteiger partial charge in [0.05, 0.1) is 0 Å². The van der Waals surface area contributed by atoms with Gasteiger partial charge in [0.1, 0.15) is 0 Å². The topological polar surface area (TPSA) is 30.0 Å². The van der Waals surface area contributed by atoms with Crippen molar-refractivity contribution in [1.82, 2.24) is 4.98 Å². The Labute approximate surface area is 82.1 Å². The molecule has 13 heavy (non-hydrogen) atoms. The van der Waals surface area contributed by atoms with Crippen LogP contribution < -0.4 is 0 Å². The first kappa shape index (κ1) is 10.2. The Morgan fingerprint density at radius 3 is 2.54 bits per heavy atom. The molecule has 0 atom stereocenters. The van der Waals surface area contributed by atoms with Crippen molar-refractivity contribution in [3.63, 3.8) is 0 Å². The highest BCUT2D eigenvalue weighted by Gasteiger charge is 2.19. The average molecular weight is 250 g/mol. The highest BCUT2D eigenvalue weighted by molar-refractivity contribution is 9.10. The number of alkyl halides is 2. The van der Waals surface area contributed by atoms with Crippen LogP contribution in [0.5, 0.6) is 0 Å². The Morgan fingerprint density at radius 2 is 2.15 bits per heavy atom. The second kappa shape index (κ2) is 3.91. The van der Waals surface area contributed by atoms with E-state index >= 15 is 0 Å². The van der Waals surface area contributed by atoms with Crippen LogP contribution in [0.4, 0.5) is 8.78 Å². The van der Waals surface area contributed by atoms with Gasteiger partial charge in [0.25, 0.3) is 6.43 Å². The zero-order valence-corrected chi connectivity index (χ0v) is 8.31. The number of rotatable bonds is 2. The summed E-state index contributed by atoms with van der Waals surface area (Å²) in [5, 5.41) is 0. The molecule has 0 bridgehead atoms. The molecular formula is C8H6BrF2NO. The third-order valence-electron chi connectivity index (χ3n) is 1.54. The highest BCUT2D eigenvalue weighted by Crippen LogP contribution is 2.29. The summed E-state index contributed by atoms with van der Waals surface area (Å²) in [6.07, 6.45) is -0.279. The third kappa shape index (κ3) is 2.09. The standard InChI is InChI=1S/C8H6BrF2NO/c1-4(13)5-2-12-3-6(9)7(5)8(10)11/h2-3,8H,1H3. The predicted octanol–water partition coefficient (Wildman–Crippen LogP) is 2.98. The Bertz CT molecular complexity index is 341. The second-order valence-electron chi connectivity index (χ2n) is 2.44. The number of carbonyl (C=O) groups excluding carboxylic acids is 1. The maximum absolute atomic E-state index is 12.4. The van der Waals surface area contributed by atoms with Crippen LogP contribution in [-0.4, -0.2) is 10.8 Å². The molecule has 0 saturated heterocycles. The SMILES string of the molecule is CC(=O)c1cncc(Br)c1C(F)F. The minimum atomic E-state index is -2.67. The largest absolute Gasteiger partial charge is 0.294 e. The van der Waals surface area contributed by atoms with Crippen molar-refractivity contribution in [3.05, 3.63) is 28.0 Å². The van der Waals surface area contributed by atoms with E-state index in [-0.39, 0.29) is 15.6 Å². The molecule has 0 unspecified atom stereocenters. The highest BCUT2D eigenvalue weighted by atomic mass is 79.9. The van der Waals surface area contributed by atoms with Crippen LogP contribution >= 0.6 is 15.9 Å². The lowest BCUT2D eigenvalue weighted by Gasteiger charge is -2.06. The van der Waals surface area contributed by atoms with Gasteiger partial charge in [-0.15, -0.1) is 0 Å². The van der Waals surface area contributed by atoms with Crippen LogP contribution in [-0.2, 0) is 0 Å². The van der Waals surface area contributed by atoms with E-state index in [4.69, 9.17) is 0 Å². The van der Waals surface area contributed by atoms with Gasteiger partial charge in [-0.25, -0.2) is 8.78 Å². The van der Waals surface area contributed by atoms with E-state index in [1.807, 2.05) is 0 Å². The fourth-order valence-corrected chi connectivity index (χ4v) is 1.45. The van der Waals surface area contributed by atoms with Crippen molar-refractivity contribution in [1.29, 1.82) is 0 Å². The molecule has 0 N–H and O–H groups in total. The first-order valence-electron chi connectivity index (χ1n) is 3.46. The van der Waals surface area contributed by atoms with E-state index in [0.29, 0.717) is 0 Å². The van der Waals surface area contributed by atoms with Crippen LogP contribution in [0.1, 0.15) is 29.3 Å². The van der Waals surface area contributed by atoms with Crippen molar-refractivity contribution in [2.75, 3.05) is 0 Å². The fourth-order valence-electron chi connectivity index (χ4n) is 0.947. The van der Waals surface area contributed by atoms with Gasteiger partial charge in [-0.05, 0) is 22.9 Å². The number of carbonyl (C=O) groups is 1. The molecule has 0 aliphatic carbocycles. The predicted molar refractivity (Wildman–Crippen MR) is 46.9 cm³/mol. The van der Waals surface area contributed by atoms with Crippen molar-refractivity contribution >= 4 is 21.7 Å². The molecule has 0 aliphatic heterocycles. The quantitative estimate of drug-likeness (QED) is 0.755. The number of aromatic nitrogens is 1. The molecule has 0 aliphatic rings. The number of Topliss-reactive ketones (excluding diaryl/α,β-unsaturated/α-hetero) is 1. The molecule has 1 heterocycles. The van der Waals surface area contributed by atoms with E-state index < -0.39 is 12.2 Å². The van der Waals surface area contributed by atoms with Crippen LogP contribution in [0.15, 0.2) is 16.9 Å². The summed E-state index contributed by atoms with van der Waals surface area (Å²) in [6.45, 7) is 1.23. The molecule has 0 spiro atoms. The molecule has 0 amide bonds. The van der Waals surface area contributed by atoms with Crippen molar-refractivity contribution in [3.8, 4) is 0 Å². The van der Waals surface area contributed by atoms with Gasteiger partial charge in [-0.2, -0.15) is 0 Å². The molecule has 0 radical (unpaired) electrons. The van der Waals surface area contributed by atoms with E-state index in [1.165, 1.54) is 13.1 Å². The lowest BCUT2D eigenvalue weighted by atomic mass is 10.1. The first-order valence-corrected chi connectivity index (χ1v) is 4.25. The van der Waals surface area contributed by atoms with Crippen molar-refractivity contribution in [2.45, 2.75) is 13.3 Å². The number of hydrogen-bond donors (Lipinski definition) is 0. The van der Waals surface area contributed by atoms with E-state index in [0.717, 1.165) is 6.20 Å². The van der Waals surface area contributed by atoms with Crippen LogP contribution in [0.25, 0.3) is 0 Å². The van der Waals surface area contributed by atoms with E-state index in [9.17, 15) is 13.6 Å². The summed E-state index contributed by atoms with van der Waals surface area (Å²) in [5.41, 5.74) is -0.327. The molecule has 1 aromatic heterocycles. The minimum absolute atomic E-state index is 0.0376. The van der Waals surface area contributed by atoms with Gasteiger partial charge in [0, 0.05) is 28.0 Å². The molecule has 2 nitrogen and oxygen atoms in total. The normalized spacial score (nSPS) is 10.5. The summed E-state index contributed by atoms with van der Waals surface area (Å²) in [4.78, 5) is 14.6. The fraction of sp³-hybridized carbons (Fsp3) is 0.250. The zero-order chi connectivity index (χ0) is 10.0. The number of ketones is 1. The average Bonchev–Trinajstić information content (AvgIpc) is 2.02. The molecule has 70 valence electrons. The lowest BCUT2D eigenvalue weighted by molar-refractivity contribution is 0.0998. The van der Waals surface area contributed by atoms with Gasteiger partial charge >= 0.3 is 0 Å². The summed E-state index contributed by atoms with van der Waals surface area (Å²) in [7, 11) is 0. The van der Waals surface area contributed by atoms with Crippen LogP contribution in [0.2, 0.25) is 0 Å². The van der Waals surface area contributed by atoms with Crippen molar-refractivity contribution < 1.29 is 13.6 Å². The molecule has 1 aromatic rings. The number of nitrogens with zero attached hydrogens (tertiary/aromatic N) is 1. The number of pyridine rings is 1. The van der Waals surface area contributed by atoms with Gasteiger partial charge < -0.3 is 0 Å². The molecule has 1 rings (SSSR count). The van der Waals surface area contributed by atoms with Crippen molar-refractivity contribution in [2.24, 2.45) is 0 Å². The molecule has 0 fully saturated rings. The Kier molecular flexibility index (Phi) is 3.08. The maximum atomic E-state index is 12.4. The Balaban J connectivity index is 3.34. The first-order chi connectivity index (χ1) is 6.04. The molecule has 0 saturated carbocycles. The summed E-state index contributed by atoms with van der Waals surface area (Å²) < 4.78 is 25.0. The Morgan fingerprint density at radius 1 is 1.54 bits per heavy atom. The van der Waals surface area contributed by atoms with Gasteiger partial charge in [0.2, 0.25) is 0 Å². The second-order valence-corrected chi connectivity index (χ2v) is 3.29. The molecule has 5 heteroatoms. The summed E-state index contributed by atoms with van der Waals surface area (Å²) in [6, 6.07) is 0. The van der Waals surface area contributed by atoms with E-state index in [2.05, 4.69) is 20.9 Å². The third-order valence-corrected chi connectivity index (χ3v) is 2.17. The number of halogens is 3. The monoisotopic (exact) mass is 249 g/mol. The smallest absolute Gasteiger partial charge is 0.265 e. The minimum Gasteiger partial charge on any atom is -0.294 e. The van der Waals surface area contributed by atoms with Gasteiger partial charge in [0.15, 0.2) is 5.78 Å². The van der Waals surface area contributed by atoms with E-state index in [1.54, 1.807) is 0 Å². The number of hydrogen-bond acceptors (Lipinski definition) is 2. The van der Waals surface area contributed by atoms with Crippen LogP contribution in [0, 0.1) is 0 Å². The van der Waals surface area contributed by atoms with Gasteiger partial charge in [-0.1, -0.05) is 0 Å². The maximum Gasteiger partial charge on any atom is 0.265 e. The lowest BCUT2D eigenvalue weighted by Crippen LogP contribution is -2.02. The summed E-state index contributed by atoms with van der Waals surface area (Å²) >= 11 is 2.92. The molecular weight excluding hydrogens is 244 g/mol. The zero-order valence-electron chi connectivity index (χ0n) is 6.72. The Hall–Kier alpha value is -0.840.